The fourth-order valence-corrected chi connectivity index (χ4v) is 2.23. The number of rotatable bonds is 6. The van der Waals surface area contributed by atoms with Gasteiger partial charge in [-0.1, -0.05) is 0 Å². The van der Waals surface area contributed by atoms with Gasteiger partial charge in [0, 0.05) is 37.7 Å². The summed E-state index contributed by atoms with van der Waals surface area (Å²) in [4.78, 5) is 24.7. The van der Waals surface area contributed by atoms with Gasteiger partial charge < -0.3 is 9.47 Å². The third-order valence-corrected chi connectivity index (χ3v) is 3.46. The van der Waals surface area contributed by atoms with Crippen LogP contribution in [-0.2, 0) is 4.74 Å². The van der Waals surface area contributed by atoms with Crippen LogP contribution in [-0.4, -0.2) is 55.6 Å². The topological polar surface area (TPSA) is 81.9 Å². The van der Waals surface area contributed by atoms with Crippen LogP contribution in [0.15, 0.2) is 18.2 Å². The molecule has 0 aromatic heterocycles. The van der Waals surface area contributed by atoms with Crippen molar-refractivity contribution in [3.8, 4) is 5.75 Å². The second-order valence-corrected chi connectivity index (χ2v) is 4.77. The molecule has 0 N–H and O–H groups in total. The highest BCUT2D eigenvalue weighted by atomic mass is 35.5. The van der Waals surface area contributed by atoms with E-state index in [4.69, 9.17) is 9.47 Å². The Labute approximate surface area is 134 Å². The molecule has 22 heavy (non-hydrogen) atoms. The van der Waals surface area contributed by atoms with Crippen LogP contribution in [0.3, 0.4) is 0 Å². The predicted molar refractivity (Wildman–Crippen MR) is 83.1 cm³/mol. The summed E-state index contributed by atoms with van der Waals surface area (Å²) in [6.45, 7) is 3.64. The molecule has 0 atom stereocenters. The smallest absolute Gasteiger partial charge is 0.311 e. The van der Waals surface area contributed by atoms with Crippen molar-refractivity contribution in [3.63, 3.8) is 0 Å². The van der Waals surface area contributed by atoms with Gasteiger partial charge in [-0.15, -0.1) is 12.4 Å². The lowest BCUT2D eigenvalue weighted by molar-refractivity contribution is -0.385. The van der Waals surface area contributed by atoms with E-state index < -0.39 is 4.92 Å². The van der Waals surface area contributed by atoms with Gasteiger partial charge in [0.25, 0.3) is 0 Å². The summed E-state index contributed by atoms with van der Waals surface area (Å²) in [6, 6.07) is 4.30. The average molecular weight is 331 g/mol. The number of nitro groups is 1. The van der Waals surface area contributed by atoms with Crippen molar-refractivity contribution in [2.75, 3.05) is 40.0 Å². The van der Waals surface area contributed by atoms with Crippen LogP contribution in [0.1, 0.15) is 16.8 Å². The van der Waals surface area contributed by atoms with Gasteiger partial charge in [0.1, 0.15) is 0 Å². The van der Waals surface area contributed by atoms with Crippen molar-refractivity contribution in [2.45, 2.75) is 6.42 Å². The van der Waals surface area contributed by atoms with Crippen LogP contribution in [0.4, 0.5) is 5.69 Å². The molecule has 8 heteroatoms. The highest BCUT2D eigenvalue weighted by Crippen LogP contribution is 2.27. The maximum atomic E-state index is 12.1. The zero-order valence-electron chi connectivity index (χ0n) is 12.3. The van der Waals surface area contributed by atoms with Gasteiger partial charge in [0.2, 0.25) is 0 Å². The van der Waals surface area contributed by atoms with Crippen LogP contribution in [0.5, 0.6) is 5.75 Å². The molecule has 1 aliphatic rings. The molecule has 0 saturated carbocycles. The van der Waals surface area contributed by atoms with Gasteiger partial charge in [0.15, 0.2) is 11.5 Å². The van der Waals surface area contributed by atoms with E-state index in [1.165, 1.54) is 19.2 Å². The number of Topliss-reactive ketones (excluding diaryl/α,β-unsaturated/α-hetero) is 1. The lowest BCUT2D eigenvalue weighted by atomic mass is 10.1. The first-order valence-electron chi connectivity index (χ1n) is 6.77. The minimum Gasteiger partial charge on any atom is -0.490 e. The standard InChI is InChI=1S/C14H18N2O5.ClH/c1-20-14-3-2-11(10-12(14)16(18)19)13(17)4-5-15-6-8-21-9-7-15;/h2-3,10H,4-9H2,1H3;1H. The van der Waals surface area contributed by atoms with Crippen LogP contribution in [0, 0.1) is 10.1 Å². The predicted octanol–water partition coefficient (Wildman–Crippen LogP) is 1.93. The van der Waals surface area contributed by atoms with Crippen molar-refractivity contribution in [2.24, 2.45) is 0 Å². The van der Waals surface area contributed by atoms with E-state index in [0.29, 0.717) is 31.7 Å². The second-order valence-electron chi connectivity index (χ2n) is 4.77. The van der Waals surface area contributed by atoms with Gasteiger partial charge in [-0.05, 0) is 12.1 Å². The van der Waals surface area contributed by atoms with Crippen LogP contribution in [0.2, 0.25) is 0 Å². The minimum absolute atomic E-state index is 0. The number of nitrogens with zero attached hydrogens (tertiary/aromatic N) is 2. The summed E-state index contributed by atoms with van der Waals surface area (Å²) in [6.07, 6.45) is 0.337. The SMILES string of the molecule is COc1ccc(C(=O)CCN2CCOCC2)cc1[N+](=O)[O-].Cl. The number of methoxy groups -OCH3 is 1. The number of nitro benzene ring substituents is 1. The molecule has 1 aliphatic heterocycles. The first-order chi connectivity index (χ1) is 10.1. The van der Waals surface area contributed by atoms with Gasteiger partial charge in [0.05, 0.1) is 25.2 Å². The Balaban J connectivity index is 0.00000242. The molecule has 0 radical (unpaired) electrons. The van der Waals surface area contributed by atoms with Crippen molar-refractivity contribution in [1.82, 2.24) is 4.90 Å². The largest absolute Gasteiger partial charge is 0.490 e. The number of carbonyl (C=O) groups excluding carboxylic acids is 1. The summed E-state index contributed by atoms with van der Waals surface area (Å²) >= 11 is 0. The van der Waals surface area contributed by atoms with E-state index >= 15 is 0 Å². The van der Waals surface area contributed by atoms with Crippen molar-refractivity contribution >= 4 is 23.9 Å². The maximum Gasteiger partial charge on any atom is 0.311 e. The summed E-state index contributed by atoms with van der Waals surface area (Å²) < 4.78 is 10.2. The van der Waals surface area contributed by atoms with Gasteiger partial charge in [-0.2, -0.15) is 0 Å². The lowest BCUT2D eigenvalue weighted by Crippen LogP contribution is -2.37. The Kier molecular flexibility index (Phi) is 7.23. The van der Waals surface area contributed by atoms with Crippen molar-refractivity contribution < 1.29 is 19.2 Å². The molecule has 0 bridgehead atoms. The number of ether oxygens (including phenoxy) is 2. The molecule has 1 saturated heterocycles. The van der Waals surface area contributed by atoms with E-state index in [1.54, 1.807) is 6.07 Å². The van der Waals surface area contributed by atoms with Crippen LogP contribution in [0.25, 0.3) is 0 Å². The van der Waals surface area contributed by atoms with Crippen molar-refractivity contribution in [3.05, 3.63) is 33.9 Å². The number of ketones is 1. The van der Waals surface area contributed by atoms with E-state index in [2.05, 4.69) is 4.90 Å². The maximum absolute atomic E-state index is 12.1. The highest BCUT2D eigenvalue weighted by molar-refractivity contribution is 5.97. The van der Waals surface area contributed by atoms with Crippen LogP contribution >= 0.6 is 12.4 Å². The van der Waals surface area contributed by atoms with E-state index in [0.717, 1.165) is 13.1 Å². The fourth-order valence-electron chi connectivity index (χ4n) is 2.23. The second kappa shape index (κ2) is 8.67. The first-order valence-corrected chi connectivity index (χ1v) is 6.77. The minimum atomic E-state index is -0.544. The third kappa shape index (κ3) is 4.66. The average Bonchev–Trinajstić information content (AvgIpc) is 2.52. The number of benzene rings is 1. The number of hydrogen-bond donors (Lipinski definition) is 0. The zero-order chi connectivity index (χ0) is 15.2. The fraction of sp³-hybridized carbons (Fsp3) is 0.500. The van der Waals surface area contributed by atoms with Gasteiger partial charge in [-0.25, -0.2) is 0 Å². The molecule has 1 aromatic carbocycles. The Morgan fingerprint density at radius 3 is 2.68 bits per heavy atom. The molecule has 1 aromatic rings. The summed E-state index contributed by atoms with van der Waals surface area (Å²) in [5, 5.41) is 11.0. The Bertz CT molecular complexity index is 532. The normalized spacial score (nSPS) is 15.0. The summed E-state index contributed by atoms with van der Waals surface area (Å²) in [7, 11) is 1.36. The van der Waals surface area contributed by atoms with E-state index in [9.17, 15) is 14.9 Å². The number of hydrogen-bond acceptors (Lipinski definition) is 6. The number of halogens is 1. The Morgan fingerprint density at radius 1 is 1.41 bits per heavy atom. The lowest BCUT2D eigenvalue weighted by Gasteiger charge is -2.26. The monoisotopic (exact) mass is 330 g/mol. The molecule has 7 nitrogen and oxygen atoms in total. The number of carbonyl (C=O) groups is 1. The molecule has 0 amide bonds. The molecule has 2 rings (SSSR count). The van der Waals surface area contributed by atoms with E-state index in [-0.39, 0.29) is 29.6 Å². The van der Waals surface area contributed by atoms with Gasteiger partial charge >= 0.3 is 5.69 Å². The molecule has 0 aliphatic carbocycles. The molecule has 1 fully saturated rings. The molecular formula is C14H19ClN2O5. The van der Waals surface area contributed by atoms with Gasteiger partial charge in [-0.3, -0.25) is 19.8 Å². The van der Waals surface area contributed by atoms with E-state index in [1.807, 2.05) is 0 Å². The molecule has 0 spiro atoms. The molecular weight excluding hydrogens is 312 g/mol. The summed E-state index contributed by atoms with van der Waals surface area (Å²) in [5.41, 5.74) is 0.158. The Morgan fingerprint density at radius 2 is 2.09 bits per heavy atom. The van der Waals surface area contributed by atoms with Crippen LogP contribution < -0.4 is 4.74 Å². The third-order valence-electron chi connectivity index (χ3n) is 3.46. The molecule has 1 heterocycles. The zero-order valence-corrected chi connectivity index (χ0v) is 13.1. The molecule has 0 unspecified atom stereocenters. The molecule has 122 valence electrons. The number of morpholine rings is 1. The van der Waals surface area contributed by atoms with Crippen molar-refractivity contribution in [1.29, 1.82) is 0 Å². The quantitative estimate of drug-likeness (QED) is 0.450. The Hall–Kier alpha value is -1.70. The summed E-state index contributed by atoms with van der Waals surface area (Å²) in [5.74, 6) is 0.0528. The highest BCUT2D eigenvalue weighted by Gasteiger charge is 2.19. The first kappa shape index (κ1) is 18.3.